The molecule has 32 heavy (non-hydrogen) atoms. The van der Waals surface area contributed by atoms with Crippen LogP contribution in [0.3, 0.4) is 0 Å². The summed E-state index contributed by atoms with van der Waals surface area (Å²) in [5.41, 5.74) is 2.55. The maximum atomic E-state index is 15.0. The minimum atomic E-state index is -0.289. The fourth-order valence-corrected chi connectivity index (χ4v) is 3.44. The summed E-state index contributed by atoms with van der Waals surface area (Å²) in [5.74, 6) is 0.846. The summed E-state index contributed by atoms with van der Waals surface area (Å²) in [5, 5.41) is 0. The van der Waals surface area contributed by atoms with Gasteiger partial charge in [0.25, 0.3) is 0 Å². The molecule has 172 valence electrons. The highest BCUT2D eigenvalue weighted by Gasteiger charge is 2.24. The summed E-state index contributed by atoms with van der Waals surface area (Å²) in [6.07, 6.45) is 13.7. The average molecular weight is 440 g/mol. The molecule has 1 aliphatic carbocycles. The Bertz CT molecular complexity index is 897. The summed E-state index contributed by atoms with van der Waals surface area (Å²) in [7, 11) is 3.15. The number of methoxy groups -OCH3 is 2. The van der Waals surface area contributed by atoms with E-state index in [1.165, 1.54) is 6.08 Å². The Hall–Kier alpha value is -3.05. The van der Waals surface area contributed by atoms with Crippen LogP contribution in [0.5, 0.6) is 0 Å². The van der Waals surface area contributed by atoms with Gasteiger partial charge in [0.2, 0.25) is 0 Å². The van der Waals surface area contributed by atoms with Gasteiger partial charge in [0, 0.05) is 19.2 Å². The van der Waals surface area contributed by atoms with Gasteiger partial charge in [-0.25, -0.2) is 4.39 Å². The van der Waals surface area contributed by atoms with Crippen molar-refractivity contribution in [1.29, 1.82) is 0 Å². The van der Waals surface area contributed by atoms with E-state index in [0.29, 0.717) is 31.0 Å². The largest absolute Gasteiger partial charge is 0.504 e. The minimum Gasteiger partial charge on any atom is -0.504 e. The van der Waals surface area contributed by atoms with Crippen molar-refractivity contribution < 1.29 is 18.6 Å². The maximum absolute atomic E-state index is 15.0. The maximum Gasteiger partial charge on any atom is 0.122 e. The smallest absolute Gasteiger partial charge is 0.122 e. The SMILES string of the molecule is C=C(OC)/C(=C/OC)c1ccccc1COC1=CCC(N(C/C=C/C)C/C=C/C)C(F)=C1. The van der Waals surface area contributed by atoms with Crippen LogP contribution in [-0.2, 0) is 20.8 Å². The van der Waals surface area contributed by atoms with E-state index in [4.69, 9.17) is 14.2 Å². The zero-order valence-electron chi connectivity index (χ0n) is 19.5. The molecule has 1 atom stereocenters. The lowest BCUT2D eigenvalue weighted by molar-refractivity contribution is 0.193. The van der Waals surface area contributed by atoms with Crippen LogP contribution in [0.4, 0.5) is 4.39 Å². The third kappa shape index (κ3) is 6.99. The van der Waals surface area contributed by atoms with Gasteiger partial charge in [0.15, 0.2) is 0 Å². The van der Waals surface area contributed by atoms with Gasteiger partial charge in [-0.05, 0) is 37.5 Å². The van der Waals surface area contributed by atoms with Crippen LogP contribution in [0, 0.1) is 0 Å². The third-order valence-electron chi connectivity index (χ3n) is 5.22. The number of hydrogen-bond acceptors (Lipinski definition) is 4. The number of halogens is 1. The molecule has 0 aliphatic heterocycles. The van der Waals surface area contributed by atoms with E-state index < -0.39 is 0 Å². The van der Waals surface area contributed by atoms with Crippen molar-refractivity contribution in [3.63, 3.8) is 0 Å². The molecule has 0 saturated heterocycles. The monoisotopic (exact) mass is 439 g/mol. The Morgan fingerprint density at radius 2 is 1.84 bits per heavy atom. The van der Waals surface area contributed by atoms with E-state index in [-0.39, 0.29) is 18.5 Å². The molecule has 0 spiro atoms. The fourth-order valence-electron chi connectivity index (χ4n) is 3.44. The van der Waals surface area contributed by atoms with Crippen molar-refractivity contribution in [1.82, 2.24) is 4.90 Å². The second-order valence-electron chi connectivity index (χ2n) is 7.32. The second-order valence-corrected chi connectivity index (χ2v) is 7.32. The summed E-state index contributed by atoms with van der Waals surface area (Å²) in [6, 6.07) is 7.49. The Morgan fingerprint density at radius 1 is 1.16 bits per heavy atom. The standard InChI is InChI=1S/C27H34FNO3/c1-6-8-16-29(17-9-7-2)27-15-14-23(18-26(27)28)32-19-22-12-10-11-13-24(22)25(20-30-4)21(3)31-5/h6-14,18,20,27H,3,15-17,19H2,1-2,4-5H3/b8-6+,9-7+,25-20-. The van der Waals surface area contributed by atoms with Crippen molar-refractivity contribution >= 4 is 5.57 Å². The van der Waals surface area contributed by atoms with Gasteiger partial charge in [-0.2, -0.15) is 0 Å². The number of ether oxygens (including phenoxy) is 3. The molecule has 1 aromatic carbocycles. The lowest BCUT2D eigenvalue weighted by Crippen LogP contribution is -2.37. The fraction of sp³-hybridized carbons (Fsp3) is 0.333. The topological polar surface area (TPSA) is 30.9 Å². The predicted octanol–water partition coefficient (Wildman–Crippen LogP) is 6.31. The van der Waals surface area contributed by atoms with Crippen LogP contribution in [0.2, 0.25) is 0 Å². The first-order valence-electron chi connectivity index (χ1n) is 10.8. The molecule has 2 rings (SSSR count). The summed E-state index contributed by atoms with van der Waals surface area (Å²) in [4.78, 5) is 2.10. The van der Waals surface area contributed by atoms with Gasteiger partial charge in [-0.3, -0.25) is 4.90 Å². The number of nitrogens with zero attached hydrogens (tertiary/aromatic N) is 1. The molecule has 1 aromatic rings. The van der Waals surface area contributed by atoms with Gasteiger partial charge in [0.1, 0.15) is 24.0 Å². The van der Waals surface area contributed by atoms with Crippen LogP contribution in [-0.4, -0.2) is 38.3 Å². The Kier molecular flexibility index (Phi) is 10.5. The van der Waals surface area contributed by atoms with Crippen LogP contribution in [0.1, 0.15) is 31.4 Å². The van der Waals surface area contributed by atoms with Gasteiger partial charge in [-0.15, -0.1) is 0 Å². The first kappa shape index (κ1) is 25.2. The zero-order valence-corrected chi connectivity index (χ0v) is 19.5. The number of benzene rings is 1. The molecular weight excluding hydrogens is 405 g/mol. The van der Waals surface area contributed by atoms with Crippen molar-refractivity contribution in [2.75, 3.05) is 27.3 Å². The van der Waals surface area contributed by atoms with E-state index in [2.05, 4.69) is 11.5 Å². The highest BCUT2D eigenvalue weighted by Crippen LogP contribution is 2.29. The Labute approximate surface area is 191 Å². The summed E-state index contributed by atoms with van der Waals surface area (Å²) < 4.78 is 31.5. The van der Waals surface area contributed by atoms with Gasteiger partial charge >= 0.3 is 0 Å². The lowest BCUT2D eigenvalue weighted by Gasteiger charge is -2.30. The van der Waals surface area contributed by atoms with Gasteiger partial charge < -0.3 is 14.2 Å². The first-order chi connectivity index (χ1) is 15.5. The number of allylic oxidation sites excluding steroid dienone is 4. The van der Waals surface area contributed by atoms with E-state index in [1.807, 2.05) is 68.5 Å². The lowest BCUT2D eigenvalue weighted by atomic mass is 10.00. The normalized spacial score (nSPS) is 16.9. The molecule has 0 amide bonds. The summed E-state index contributed by atoms with van der Waals surface area (Å²) >= 11 is 0. The Balaban J connectivity index is 2.13. The molecule has 1 unspecified atom stereocenters. The van der Waals surface area contributed by atoms with Crippen LogP contribution >= 0.6 is 0 Å². The molecule has 0 fully saturated rings. The van der Waals surface area contributed by atoms with Crippen LogP contribution in [0.15, 0.2) is 90.9 Å². The second kappa shape index (κ2) is 13.4. The Morgan fingerprint density at radius 3 is 2.44 bits per heavy atom. The molecule has 0 saturated carbocycles. The summed E-state index contributed by atoms with van der Waals surface area (Å²) in [6.45, 7) is 9.56. The number of rotatable bonds is 12. The van der Waals surface area contributed by atoms with Crippen LogP contribution < -0.4 is 0 Å². The molecular formula is C27H34FNO3. The average Bonchev–Trinajstić information content (AvgIpc) is 2.81. The highest BCUT2D eigenvalue weighted by atomic mass is 19.1. The van der Waals surface area contributed by atoms with Crippen molar-refractivity contribution in [2.24, 2.45) is 0 Å². The van der Waals surface area contributed by atoms with Crippen LogP contribution in [0.25, 0.3) is 5.57 Å². The molecule has 0 N–H and O–H groups in total. The molecule has 1 aliphatic rings. The van der Waals surface area contributed by atoms with E-state index in [0.717, 1.165) is 16.7 Å². The molecule has 0 radical (unpaired) electrons. The highest BCUT2D eigenvalue weighted by molar-refractivity contribution is 5.77. The van der Waals surface area contributed by atoms with E-state index >= 15 is 0 Å². The van der Waals surface area contributed by atoms with Crippen molar-refractivity contribution in [3.05, 3.63) is 102 Å². The third-order valence-corrected chi connectivity index (χ3v) is 5.22. The predicted molar refractivity (Wildman–Crippen MR) is 129 cm³/mol. The molecule has 0 heterocycles. The van der Waals surface area contributed by atoms with E-state index in [9.17, 15) is 4.39 Å². The zero-order chi connectivity index (χ0) is 23.3. The quantitative estimate of drug-likeness (QED) is 0.217. The molecule has 0 aromatic heterocycles. The van der Waals surface area contributed by atoms with Gasteiger partial charge in [-0.1, -0.05) is 55.1 Å². The minimum absolute atomic E-state index is 0.183. The van der Waals surface area contributed by atoms with Crippen molar-refractivity contribution in [3.8, 4) is 0 Å². The molecule has 4 nitrogen and oxygen atoms in total. The van der Waals surface area contributed by atoms with Crippen molar-refractivity contribution in [2.45, 2.75) is 32.9 Å². The number of hydrogen-bond donors (Lipinski definition) is 0. The molecule has 5 heteroatoms. The van der Waals surface area contributed by atoms with Gasteiger partial charge in [0.05, 0.1) is 32.1 Å². The first-order valence-corrected chi connectivity index (χ1v) is 10.8. The molecule has 0 bridgehead atoms. The van der Waals surface area contributed by atoms with E-state index in [1.54, 1.807) is 20.5 Å².